The number of allylic oxidation sites excluding steroid dienone is 2. The fourth-order valence-electron chi connectivity index (χ4n) is 1.21. The van der Waals surface area contributed by atoms with Gasteiger partial charge in [0.15, 0.2) is 0 Å². The van der Waals surface area contributed by atoms with Gasteiger partial charge in [0.2, 0.25) is 0 Å². The summed E-state index contributed by atoms with van der Waals surface area (Å²) >= 11 is 0. The van der Waals surface area contributed by atoms with E-state index in [4.69, 9.17) is 0 Å². The minimum absolute atomic E-state index is 0.152. The molecular formula is C15H20. The highest BCUT2D eigenvalue weighted by atomic mass is 14.2. The second kappa shape index (κ2) is 4.48. The number of benzene rings is 1. The van der Waals surface area contributed by atoms with E-state index in [0.717, 1.165) is 5.57 Å². The highest BCUT2D eigenvalue weighted by Crippen LogP contribution is 2.25. The monoisotopic (exact) mass is 200 g/mol. The quantitative estimate of drug-likeness (QED) is 0.611. The lowest BCUT2D eigenvalue weighted by molar-refractivity contribution is 0.519. The van der Waals surface area contributed by atoms with Crippen molar-refractivity contribution in [1.29, 1.82) is 0 Å². The van der Waals surface area contributed by atoms with Gasteiger partial charge in [-0.1, -0.05) is 63.8 Å². The van der Waals surface area contributed by atoms with Crippen molar-refractivity contribution in [3.05, 3.63) is 53.6 Å². The maximum absolute atomic E-state index is 4.08. The summed E-state index contributed by atoms with van der Waals surface area (Å²) in [5.74, 6) is 0. The molecule has 1 aromatic rings. The normalized spacial score (nSPS) is 12.0. The highest BCUT2D eigenvalue weighted by Gasteiger charge is 2.11. The number of rotatable bonds is 2. The van der Waals surface area contributed by atoms with Crippen molar-refractivity contribution >= 4 is 6.08 Å². The van der Waals surface area contributed by atoms with Crippen LogP contribution in [-0.4, -0.2) is 0 Å². The third-order valence-electron chi connectivity index (χ3n) is 2.62. The maximum atomic E-state index is 4.08. The Balaban J connectivity index is 2.84. The van der Waals surface area contributed by atoms with E-state index in [1.165, 1.54) is 11.1 Å². The molecule has 0 nitrogen and oxygen atoms in total. The molecule has 0 heteroatoms. The van der Waals surface area contributed by atoms with Crippen LogP contribution in [0.25, 0.3) is 6.08 Å². The van der Waals surface area contributed by atoms with E-state index in [2.05, 4.69) is 70.7 Å². The van der Waals surface area contributed by atoms with Crippen molar-refractivity contribution < 1.29 is 0 Å². The lowest BCUT2D eigenvalue weighted by Crippen LogP contribution is -2.05. The zero-order valence-corrected chi connectivity index (χ0v) is 10.2. The highest BCUT2D eigenvalue weighted by molar-refractivity contribution is 5.56. The molecule has 0 aromatic heterocycles. The number of hydrogen-bond donors (Lipinski definition) is 0. The average molecular weight is 200 g/mol. The van der Waals surface area contributed by atoms with Gasteiger partial charge in [-0.15, -0.1) is 0 Å². The van der Waals surface area contributed by atoms with Gasteiger partial charge in [0, 0.05) is 0 Å². The van der Waals surface area contributed by atoms with Crippen molar-refractivity contribution in [3.8, 4) is 0 Å². The molecule has 0 radical (unpaired) electrons. The first kappa shape index (κ1) is 11.8. The smallest absolute Gasteiger partial charge is 0.0138 e. The third-order valence-corrected chi connectivity index (χ3v) is 2.62. The maximum Gasteiger partial charge on any atom is -0.0138 e. The molecule has 0 aliphatic rings. The van der Waals surface area contributed by atoms with Gasteiger partial charge in [-0.2, -0.15) is 0 Å². The largest absolute Gasteiger partial charge is 0.0953 e. The molecule has 80 valence electrons. The molecule has 0 aliphatic heterocycles. The second-order valence-electron chi connectivity index (χ2n) is 4.97. The minimum atomic E-state index is 0.152. The van der Waals surface area contributed by atoms with Crippen LogP contribution in [0.1, 0.15) is 31.9 Å². The van der Waals surface area contributed by atoms with Crippen LogP contribution < -0.4 is 0 Å². The van der Waals surface area contributed by atoms with Crippen LogP contribution in [-0.2, 0) is 0 Å². The first-order valence-electron chi connectivity index (χ1n) is 5.34. The zero-order valence-electron chi connectivity index (χ0n) is 10.2. The SMILES string of the molecule is C=C(/C=C/c1ccccc1C)C(C)(C)C. The minimum Gasteiger partial charge on any atom is -0.0953 e. The van der Waals surface area contributed by atoms with E-state index in [1.54, 1.807) is 0 Å². The molecular weight excluding hydrogens is 180 g/mol. The molecule has 0 aliphatic carbocycles. The van der Waals surface area contributed by atoms with E-state index in [-0.39, 0.29) is 5.41 Å². The standard InChI is InChI=1S/C15H20/c1-12-8-6-7-9-14(12)11-10-13(2)15(3,4)5/h6-11H,2H2,1,3-5H3/b11-10+. The predicted octanol–water partition coefficient (Wildman–Crippen LogP) is 4.61. The van der Waals surface area contributed by atoms with Crippen LogP contribution in [0.3, 0.4) is 0 Å². The molecule has 0 spiro atoms. The molecule has 0 bridgehead atoms. The van der Waals surface area contributed by atoms with E-state index in [0.29, 0.717) is 0 Å². The Morgan fingerprint density at radius 1 is 1.20 bits per heavy atom. The van der Waals surface area contributed by atoms with Gasteiger partial charge >= 0.3 is 0 Å². The van der Waals surface area contributed by atoms with E-state index < -0.39 is 0 Å². The second-order valence-corrected chi connectivity index (χ2v) is 4.97. The van der Waals surface area contributed by atoms with Gasteiger partial charge in [0.1, 0.15) is 0 Å². The summed E-state index contributed by atoms with van der Waals surface area (Å²) in [4.78, 5) is 0. The predicted molar refractivity (Wildman–Crippen MR) is 68.8 cm³/mol. The summed E-state index contributed by atoms with van der Waals surface area (Å²) in [6.45, 7) is 12.7. The Kier molecular flexibility index (Phi) is 3.52. The van der Waals surface area contributed by atoms with Crippen molar-refractivity contribution in [2.75, 3.05) is 0 Å². The van der Waals surface area contributed by atoms with Crippen molar-refractivity contribution in [2.45, 2.75) is 27.7 Å². The molecule has 0 amide bonds. The summed E-state index contributed by atoms with van der Waals surface area (Å²) in [5, 5.41) is 0. The lowest BCUT2D eigenvalue weighted by atomic mass is 9.87. The Morgan fingerprint density at radius 3 is 2.33 bits per heavy atom. The van der Waals surface area contributed by atoms with Gasteiger partial charge < -0.3 is 0 Å². The molecule has 1 aromatic carbocycles. The van der Waals surface area contributed by atoms with E-state index in [1.807, 2.05) is 0 Å². The molecule has 0 saturated heterocycles. The van der Waals surface area contributed by atoms with E-state index >= 15 is 0 Å². The van der Waals surface area contributed by atoms with Crippen LogP contribution in [0, 0.1) is 12.3 Å². The van der Waals surface area contributed by atoms with Crippen LogP contribution in [0.15, 0.2) is 42.5 Å². The fourth-order valence-corrected chi connectivity index (χ4v) is 1.21. The van der Waals surface area contributed by atoms with Crippen molar-refractivity contribution in [1.82, 2.24) is 0 Å². The first-order valence-corrected chi connectivity index (χ1v) is 5.34. The fraction of sp³-hybridized carbons (Fsp3) is 0.333. The summed E-state index contributed by atoms with van der Waals surface area (Å²) < 4.78 is 0. The van der Waals surface area contributed by atoms with Crippen LogP contribution in [0.5, 0.6) is 0 Å². The molecule has 0 unspecified atom stereocenters. The average Bonchev–Trinajstić information content (AvgIpc) is 2.14. The molecule has 0 N–H and O–H groups in total. The summed E-state index contributed by atoms with van der Waals surface area (Å²) in [5.41, 5.74) is 3.88. The van der Waals surface area contributed by atoms with Crippen LogP contribution in [0.4, 0.5) is 0 Å². The Labute approximate surface area is 93.3 Å². The molecule has 0 fully saturated rings. The summed E-state index contributed by atoms with van der Waals surface area (Å²) in [6.07, 6.45) is 4.26. The molecule has 1 rings (SSSR count). The van der Waals surface area contributed by atoms with Gasteiger partial charge in [-0.05, 0) is 29.0 Å². The van der Waals surface area contributed by atoms with Crippen molar-refractivity contribution in [3.63, 3.8) is 0 Å². The molecule has 0 heterocycles. The first-order chi connectivity index (χ1) is 6.91. The Hall–Kier alpha value is -1.30. The third kappa shape index (κ3) is 3.39. The number of hydrogen-bond acceptors (Lipinski definition) is 0. The van der Waals surface area contributed by atoms with Gasteiger partial charge in [0.25, 0.3) is 0 Å². The zero-order chi connectivity index (χ0) is 11.5. The van der Waals surface area contributed by atoms with E-state index in [9.17, 15) is 0 Å². The lowest BCUT2D eigenvalue weighted by Gasteiger charge is -2.18. The molecule has 15 heavy (non-hydrogen) atoms. The summed E-state index contributed by atoms with van der Waals surface area (Å²) in [7, 11) is 0. The van der Waals surface area contributed by atoms with Gasteiger partial charge in [0.05, 0.1) is 0 Å². The van der Waals surface area contributed by atoms with Crippen molar-refractivity contribution in [2.24, 2.45) is 5.41 Å². The molecule has 0 atom stereocenters. The van der Waals surface area contributed by atoms with Gasteiger partial charge in [-0.25, -0.2) is 0 Å². The Bertz CT molecular complexity index is 375. The Morgan fingerprint density at radius 2 is 1.80 bits per heavy atom. The van der Waals surface area contributed by atoms with Gasteiger partial charge in [-0.3, -0.25) is 0 Å². The summed E-state index contributed by atoms with van der Waals surface area (Å²) in [6, 6.07) is 8.37. The van der Waals surface area contributed by atoms with Crippen LogP contribution >= 0.6 is 0 Å². The van der Waals surface area contributed by atoms with Crippen LogP contribution in [0.2, 0.25) is 0 Å². The molecule has 0 saturated carbocycles. The topological polar surface area (TPSA) is 0 Å². The number of aryl methyl sites for hydroxylation is 1.